The van der Waals surface area contributed by atoms with Crippen LogP contribution in [0.3, 0.4) is 0 Å². The Labute approximate surface area is 119 Å². The summed E-state index contributed by atoms with van der Waals surface area (Å²) in [6.45, 7) is 3.17. The number of amides is 1. The van der Waals surface area contributed by atoms with Crippen molar-refractivity contribution >= 4 is 23.2 Å². The summed E-state index contributed by atoms with van der Waals surface area (Å²) in [4.78, 5) is 23.7. The fourth-order valence-corrected chi connectivity index (χ4v) is 2.21. The number of aromatic nitrogens is 1. The largest absolute Gasteiger partial charge is 0.481 e. The number of nitrogens with one attached hydrogen (secondary N) is 1. The smallest absolute Gasteiger partial charge is 0.308 e. The Hall–Kier alpha value is -2.15. The van der Waals surface area contributed by atoms with E-state index in [1.165, 1.54) is 18.3 Å². The van der Waals surface area contributed by atoms with Crippen LogP contribution >= 0.6 is 11.3 Å². The van der Waals surface area contributed by atoms with Gasteiger partial charge in [-0.3, -0.25) is 9.59 Å². The lowest BCUT2D eigenvalue weighted by molar-refractivity contribution is -0.141. The zero-order chi connectivity index (χ0) is 14.7. The van der Waals surface area contributed by atoms with Gasteiger partial charge in [0.15, 0.2) is 11.5 Å². The number of thiophene rings is 1. The second kappa shape index (κ2) is 5.87. The third kappa shape index (κ3) is 3.05. The number of carboxylic acid groups (broad SMARTS) is 1. The lowest BCUT2D eigenvalue weighted by Crippen LogP contribution is -2.40. The number of carboxylic acids is 1. The molecule has 1 amide bonds. The molecule has 2 atom stereocenters. The number of carbonyl (C=O) groups is 2. The normalized spacial score (nSPS) is 13.7. The molecule has 0 radical (unpaired) electrons. The minimum atomic E-state index is -0.961. The minimum Gasteiger partial charge on any atom is -0.481 e. The van der Waals surface area contributed by atoms with Crippen molar-refractivity contribution in [2.75, 3.05) is 0 Å². The topological polar surface area (TPSA) is 92.4 Å². The number of aliphatic carboxylic acids is 1. The van der Waals surface area contributed by atoms with Crippen molar-refractivity contribution in [2.24, 2.45) is 5.92 Å². The molecule has 0 aromatic carbocycles. The molecule has 0 fully saturated rings. The number of rotatable bonds is 5. The molecule has 20 heavy (non-hydrogen) atoms. The molecule has 6 nitrogen and oxygen atoms in total. The molecular formula is C13H14N2O4S. The maximum atomic E-state index is 11.9. The van der Waals surface area contributed by atoms with Crippen molar-refractivity contribution in [1.29, 1.82) is 0 Å². The van der Waals surface area contributed by atoms with Crippen LogP contribution in [0.25, 0.3) is 10.6 Å². The highest BCUT2D eigenvalue weighted by Crippen LogP contribution is 2.25. The summed E-state index contributed by atoms with van der Waals surface area (Å²) in [5.74, 6) is -1.57. The first-order chi connectivity index (χ1) is 9.49. The van der Waals surface area contributed by atoms with E-state index < -0.39 is 23.8 Å². The SMILES string of the molecule is CC(NC(=O)c1cc(-c2cccs2)on1)C(C)C(=O)O. The van der Waals surface area contributed by atoms with Crippen LogP contribution in [-0.4, -0.2) is 28.2 Å². The summed E-state index contributed by atoms with van der Waals surface area (Å²) in [6, 6.07) is 4.78. The molecule has 106 valence electrons. The van der Waals surface area contributed by atoms with Crippen LogP contribution in [0.5, 0.6) is 0 Å². The van der Waals surface area contributed by atoms with E-state index in [-0.39, 0.29) is 5.69 Å². The van der Waals surface area contributed by atoms with E-state index in [1.807, 2.05) is 17.5 Å². The third-order valence-corrected chi connectivity index (χ3v) is 3.89. The first-order valence-electron chi connectivity index (χ1n) is 6.03. The van der Waals surface area contributed by atoms with Gasteiger partial charge in [0.1, 0.15) is 0 Å². The summed E-state index contributed by atoms with van der Waals surface area (Å²) < 4.78 is 5.10. The van der Waals surface area contributed by atoms with Gasteiger partial charge in [-0.05, 0) is 25.3 Å². The summed E-state index contributed by atoms with van der Waals surface area (Å²) in [5, 5.41) is 17.1. The van der Waals surface area contributed by atoms with Crippen LogP contribution in [0.15, 0.2) is 28.1 Å². The van der Waals surface area contributed by atoms with E-state index in [1.54, 1.807) is 13.0 Å². The van der Waals surface area contributed by atoms with Gasteiger partial charge in [0.2, 0.25) is 0 Å². The molecule has 0 aliphatic heterocycles. The quantitative estimate of drug-likeness (QED) is 0.882. The second-order valence-electron chi connectivity index (χ2n) is 4.44. The molecule has 2 aromatic rings. The van der Waals surface area contributed by atoms with Crippen molar-refractivity contribution in [3.05, 3.63) is 29.3 Å². The van der Waals surface area contributed by atoms with Crippen molar-refractivity contribution < 1.29 is 19.2 Å². The Balaban J connectivity index is 2.05. The van der Waals surface area contributed by atoms with Crippen molar-refractivity contribution in [2.45, 2.75) is 19.9 Å². The van der Waals surface area contributed by atoms with Crippen LogP contribution in [-0.2, 0) is 4.79 Å². The van der Waals surface area contributed by atoms with Crippen molar-refractivity contribution in [3.8, 4) is 10.6 Å². The highest BCUT2D eigenvalue weighted by molar-refractivity contribution is 7.13. The van der Waals surface area contributed by atoms with E-state index in [4.69, 9.17) is 9.63 Å². The summed E-state index contributed by atoms with van der Waals surface area (Å²) >= 11 is 1.48. The van der Waals surface area contributed by atoms with Crippen LogP contribution in [0.4, 0.5) is 0 Å². The van der Waals surface area contributed by atoms with Crippen LogP contribution < -0.4 is 5.32 Å². The molecule has 0 saturated heterocycles. The van der Waals surface area contributed by atoms with Gasteiger partial charge in [-0.25, -0.2) is 0 Å². The zero-order valence-corrected chi connectivity index (χ0v) is 11.8. The van der Waals surface area contributed by atoms with E-state index >= 15 is 0 Å². The van der Waals surface area contributed by atoms with E-state index in [0.29, 0.717) is 5.76 Å². The van der Waals surface area contributed by atoms with Gasteiger partial charge in [0.05, 0.1) is 10.8 Å². The van der Waals surface area contributed by atoms with Gasteiger partial charge < -0.3 is 14.9 Å². The van der Waals surface area contributed by atoms with E-state index in [0.717, 1.165) is 4.88 Å². The highest BCUT2D eigenvalue weighted by atomic mass is 32.1. The first kappa shape index (κ1) is 14.3. The number of hydrogen-bond donors (Lipinski definition) is 2. The minimum absolute atomic E-state index is 0.137. The van der Waals surface area contributed by atoms with Gasteiger partial charge >= 0.3 is 5.97 Å². The van der Waals surface area contributed by atoms with Gasteiger partial charge in [0.25, 0.3) is 5.91 Å². The van der Waals surface area contributed by atoms with Gasteiger partial charge in [-0.15, -0.1) is 11.3 Å². The maximum absolute atomic E-state index is 11.9. The standard InChI is InChI=1S/C13H14N2O4S/c1-7(13(17)18)8(2)14-12(16)9-6-10(19-15-9)11-4-3-5-20-11/h3-8H,1-2H3,(H,14,16)(H,17,18). The van der Waals surface area contributed by atoms with Crippen molar-refractivity contribution in [3.63, 3.8) is 0 Å². The molecule has 7 heteroatoms. The zero-order valence-electron chi connectivity index (χ0n) is 11.0. The lowest BCUT2D eigenvalue weighted by Gasteiger charge is -2.16. The van der Waals surface area contributed by atoms with Crippen LogP contribution in [0.2, 0.25) is 0 Å². The molecule has 0 spiro atoms. The molecule has 0 aliphatic rings. The fourth-order valence-electron chi connectivity index (χ4n) is 1.54. The predicted octanol–water partition coefficient (Wildman–Crippen LogP) is 2.24. The number of nitrogens with zero attached hydrogens (tertiary/aromatic N) is 1. The number of hydrogen-bond acceptors (Lipinski definition) is 5. The Kier molecular flexibility index (Phi) is 4.19. The summed E-state index contributed by atoms with van der Waals surface area (Å²) in [6.07, 6.45) is 0. The van der Waals surface area contributed by atoms with Crippen LogP contribution in [0.1, 0.15) is 24.3 Å². The number of carbonyl (C=O) groups excluding carboxylic acids is 1. The molecule has 0 saturated carbocycles. The predicted molar refractivity (Wildman–Crippen MR) is 73.5 cm³/mol. The third-order valence-electron chi connectivity index (χ3n) is 3.01. The van der Waals surface area contributed by atoms with E-state index in [9.17, 15) is 9.59 Å². The monoisotopic (exact) mass is 294 g/mol. The second-order valence-corrected chi connectivity index (χ2v) is 5.39. The average molecular weight is 294 g/mol. The molecule has 2 N–H and O–H groups in total. The van der Waals surface area contributed by atoms with E-state index in [2.05, 4.69) is 10.5 Å². The van der Waals surface area contributed by atoms with Gasteiger partial charge in [0, 0.05) is 12.1 Å². The summed E-state index contributed by atoms with van der Waals surface area (Å²) in [5.41, 5.74) is 0.137. The van der Waals surface area contributed by atoms with Crippen LogP contribution in [0, 0.1) is 5.92 Å². The molecule has 2 unspecified atom stereocenters. The lowest BCUT2D eigenvalue weighted by atomic mass is 10.0. The molecule has 2 rings (SSSR count). The fraction of sp³-hybridized carbons (Fsp3) is 0.308. The molecule has 2 heterocycles. The molecule has 0 aliphatic carbocycles. The maximum Gasteiger partial charge on any atom is 0.308 e. The summed E-state index contributed by atoms with van der Waals surface area (Å²) in [7, 11) is 0. The first-order valence-corrected chi connectivity index (χ1v) is 6.91. The van der Waals surface area contributed by atoms with Gasteiger partial charge in [-0.2, -0.15) is 0 Å². The molecule has 2 aromatic heterocycles. The Morgan fingerprint density at radius 2 is 2.20 bits per heavy atom. The Bertz CT molecular complexity index is 606. The average Bonchev–Trinajstić information content (AvgIpc) is 3.07. The van der Waals surface area contributed by atoms with Gasteiger partial charge in [-0.1, -0.05) is 11.2 Å². The Morgan fingerprint density at radius 3 is 2.80 bits per heavy atom. The molecular weight excluding hydrogens is 280 g/mol. The van der Waals surface area contributed by atoms with Crippen molar-refractivity contribution in [1.82, 2.24) is 10.5 Å². The molecule has 0 bridgehead atoms. The highest BCUT2D eigenvalue weighted by Gasteiger charge is 2.23. The Morgan fingerprint density at radius 1 is 1.45 bits per heavy atom.